The van der Waals surface area contributed by atoms with Crippen LogP contribution in [0.2, 0.25) is 0 Å². The molecule has 0 aromatic heterocycles. The van der Waals surface area contributed by atoms with Gasteiger partial charge in [0.1, 0.15) is 0 Å². The van der Waals surface area contributed by atoms with Crippen molar-refractivity contribution >= 4 is 5.90 Å². The SMILES string of the molecule is CC(C)(CN=C([O-])CCC(F)(F)C(F)(F)C(F)(F)C(F)(F)C(F)(F)C(F)(F)F)NO. The Bertz CT molecular complexity index is 629. The van der Waals surface area contributed by atoms with Crippen LogP contribution in [0.25, 0.3) is 0 Å². The van der Waals surface area contributed by atoms with Crippen LogP contribution in [0.3, 0.4) is 0 Å². The molecule has 0 aliphatic carbocycles. The number of hydrogen-bond acceptors (Lipinski definition) is 4. The summed E-state index contributed by atoms with van der Waals surface area (Å²) in [7, 11) is 0. The van der Waals surface area contributed by atoms with E-state index >= 15 is 0 Å². The molecular formula is C13H14F13N2O2-. The van der Waals surface area contributed by atoms with Gasteiger partial charge in [-0.15, -0.1) is 0 Å². The average Bonchev–Trinajstić information content (AvgIpc) is 2.56. The molecule has 17 heteroatoms. The molecule has 0 spiro atoms. The van der Waals surface area contributed by atoms with Crippen molar-refractivity contribution in [1.29, 1.82) is 0 Å². The summed E-state index contributed by atoms with van der Waals surface area (Å²) in [6, 6.07) is 0. The van der Waals surface area contributed by atoms with Gasteiger partial charge in [-0.1, -0.05) is 0 Å². The first-order valence-electron chi connectivity index (χ1n) is 7.48. The van der Waals surface area contributed by atoms with Crippen LogP contribution in [0, 0.1) is 0 Å². The topological polar surface area (TPSA) is 67.7 Å². The zero-order chi connectivity index (χ0) is 24.6. The molecule has 0 atom stereocenters. The van der Waals surface area contributed by atoms with E-state index < -0.39 is 66.6 Å². The van der Waals surface area contributed by atoms with Gasteiger partial charge in [0.15, 0.2) is 0 Å². The monoisotopic (exact) mass is 477 g/mol. The van der Waals surface area contributed by atoms with E-state index in [0.717, 1.165) is 0 Å². The third-order valence-corrected chi connectivity index (χ3v) is 3.60. The molecule has 0 unspecified atom stereocenters. The van der Waals surface area contributed by atoms with Crippen molar-refractivity contribution in [3.63, 3.8) is 0 Å². The maximum Gasteiger partial charge on any atom is 0.460 e. The van der Waals surface area contributed by atoms with E-state index in [-0.39, 0.29) is 0 Å². The Morgan fingerprint density at radius 2 is 1.17 bits per heavy atom. The standard InChI is InChI=1S/C13H15F13N2O2/c1-7(2,28-30)5-27-6(29)3-4-8(14,15)9(16,17)10(18,19)11(20,21)12(22,23)13(24,25)26/h28,30H,3-5H2,1-2H3,(H,27,29)/p-1. The lowest BCUT2D eigenvalue weighted by Crippen LogP contribution is -2.70. The Balaban J connectivity index is 5.79. The molecule has 0 saturated heterocycles. The number of nitrogens with one attached hydrogen (secondary N) is 1. The van der Waals surface area contributed by atoms with Crippen molar-refractivity contribution in [1.82, 2.24) is 5.48 Å². The zero-order valence-corrected chi connectivity index (χ0v) is 14.8. The highest BCUT2D eigenvalue weighted by molar-refractivity contribution is 5.71. The summed E-state index contributed by atoms with van der Waals surface area (Å²) in [6.07, 6.45) is -11.9. The molecule has 0 aromatic rings. The minimum atomic E-state index is -7.98. The molecule has 0 amide bonds. The molecule has 4 nitrogen and oxygen atoms in total. The van der Waals surface area contributed by atoms with E-state index in [0.29, 0.717) is 0 Å². The van der Waals surface area contributed by atoms with Crippen LogP contribution in [0.5, 0.6) is 0 Å². The zero-order valence-electron chi connectivity index (χ0n) is 14.8. The van der Waals surface area contributed by atoms with Crippen LogP contribution >= 0.6 is 0 Å². The number of hydrogen-bond donors (Lipinski definition) is 2. The molecule has 0 radical (unpaired) electrons. The molecule has 30 heavy (non-hydrogen) atoms. The van der Waals surface area contributed by atoms with E-state index in [1.54, 1.807) is 5.48 Å². The van der Waals surface area contributed by atoms with Crippen molar-refractivity contribution in [2.75, 3.05) is 6.54 Å². The molecule has 0 bridgehead atoms. The largest absolute Gasteiger partial charge is 0.862 e. The highest BCUT2D eigenvalue weighted by Crippen LogP contribution is 2.60. The minimum absolute atomic E-state index is 0.656. The van der Waals surface area contributed by atoms with Crippen LogP contribution in [0.1, 0.15) is 26.7 Å². The van der Waals surface area contributed by atoms with E-state index in [2.05, 4.69) is 4.99 Å². The second-order valence-corrected chi connectivity index (χ2v) is 6.71. The quantitative estimate of drug-likeness (QED) is 0.216. The van der Waals surface area contributed by atoms with Crippen LogP contribution in [-0.4, -0.2) is 59.0 Å². The molecule has 0 fully saturated rings. The van der Waals surface area contributed by atoms with Gasteiger partial charge >= 0.3 is 35.8 Å². The maximum atomic E-state index is 13.5. The summed E-state index contributed by atoms with van der Waals surface area (Å²) in [6.45, 7) is 1.75. The maximum absolute atomic E-state index is 13.5. The first-order chi connectivity index (χ1) is 12.9. The highest BCUT2D eigenvalue weighted by atomic mass is 19.4. The van der Waals surface area contributed by atoms with Gasteiger partial charge in [0, 0.05) is 6.42 Å². The van der Waals surface area contributed by atoms with Gasteiger partial charge in [-0.3, -0.25) is 0 Å². The lowest BCUT2D eigenvalue weighted by atomic mass is 9.92. The second-order valence-electron chi connectivity index (χ2n) is 6.71. The summed E-state index contributed by atoms with van der Waals surface area (Å²) in [5.74, 6) is -39.1. The molecule has 0 rings (SSSR count). The Morgan fingerprint density at radius 1 is 0.767 bits per heavy atom. The van der Waals surface area contributed by atoms with Crippen LogP contribution in [0.15, 0.2) is 4.99 Å². The van der Waals surface area contributed by atoms with Gasteiger partial charge in [-0.05, 0) is 26.2 Å². The summed E-state index contributed by atoms with van der Waals surface area (Å²) in [4.78, 5) is 2.99. The Hall–Kier alpha value is -1.52. The second kappa shape index (κ2) is 8.20. The molecular weight excluding hydrogens is 463 g/mol. The number of nitrogens with zero attached hydrogens (tertiary/aromatic N) is 1. The predicted octanol–water partition coefficient (Wildman–Crippen LogP) is 4.02. The number of aliphatic imine (C=N–C) groups is 1. The van der Waals surface area contributed by atoms with Gasteiger partial charge in [0.2, 0.25) is 0 Å². The fourth-order valence-electron chi connectivity index (χ4n) is 1.62. The molecule has 0 aromatic carbocycles. The number of alkyl halides is 13. The number of hydroxylamine groups is 1. The van der Waals surface area contributed by atoms with Crippen molar-refractivity contribution in [3.05, 3.63) is 0 Å². The van der Waals surface area contributed by atoms with E-state index in [4.69, 9.17) is 5.21 Å². The van der Waals surface area contributed by atoms with Crippen molar-refractivity contribution in [2.45, 2.75) is 68.0 Å². The summed E-state index contributed by atoms with van der Waals surface area (Å²) >= 11 is 0. The summed E-state index contributed by atoms with van der Waals surface area (Å²) in [5, 5.41) is 19.9. The first-order valence-corrected chi connectivity index (χ1v) is 7.48. The summed E-state index contributed by atoms with van der Waals surface area (Å²) in [5.41, 5.74) is 0.264. The molecule has 2 N–H and O–H groups in total. The van der Waals surface area contributed by atoms with Crippen molar-refractivity contribution < 1.29 is 67.4 Å². The van der Waals surface area contributed by atoms with E-state index in [1.165, 1.54) is 13.8 Å². The molecule has 0 heterocycles. The lowest BCUT2D eigenvalue weighted by Gasteiger charge is -2.39. The number of rotatable bonds is 10. The molecule has 0 saturated carbocycles. The molecule has 180 valence electrons. The van der Waals surface area contributed by atoms with Crippen LogP contribution < -0.4 is 10.6 Å². The first kappa shape index (κ1) is 28.5. The Kier molecular flexibility index (Phi) is 7.78. The van der Waals surface area contributed by atoms with Gasteiger partial charge in [-0.25, -0.2) is 0 Å². The Morgan fingerprint density at radius 3 is 1.53 bits per heavy atom. The van der Waals surface area contributed by atoms with Crippen molar-refractivity contribution in [2.24, 2.45) is 4.99 Å². The smallest absolute Gasteiger partial charge is 0.460 e. The van der Waals surface area contributed by atoms with Gasteiger partial charge in [-0.2, -0.15) is 62.6 Å². The van der Waals surface area contributed by atoms with Crippen molar-refractivity contribution in [3.8, 4) is 0 Å². The van der Waals surface area contributed by atoms with Gasteiger partial charge in [0.05, 0.1) is 12.1 Å². The fraction of sp³-hybridized carbons (Fsp3) is 0.923. The normalized spacial score (nSPS) is 16.2. The third-order valence-electron chi connectivity index (χ3n) is 3.60. The van der Waals surface area contributed by atoms with Crippen LogP contribution in [-0.2, 0) is 0 Å². The van der Waals surface area contributed by atoms with E-state index in [1.807, 2.05) is 0 Å². The van der Waals surface area contributed by atoms with Crippen LogP contribution in [0.4, 0.5) is 57.1 Å². The minimum Gasteiger partial charge on any atom is -0.862 e. The third kappa shape index (κ3) is 5.03. The summed E-state index contributed by atoms with van der Waals surface area (Å²) < 4.78 is 168. The van der Waals surface area contributed by atoms with E-state index in [9.17, 15) is 62.2 Å². The molecule has 0 aliphatic rings. The fourth-order valence-corrected chi connectivity index (χ4v) is 1.62. The van der Waals surface area contributed by atoms with Gasteiger partial charge < -0.3 is 15.3 Å². The average molecular weight is 477 g/mol. The number of halogens is 13. The Labute approximate surface area is 159 Å². The van der Waals surface area contributed by atoms with Gasteiger partial charge in [0.25, 0.3) is 0 Å². The predicted molar refractivity (Wildman–Crippen MR) is 71.3 cm³/mol. The molecule has 0 aliphatic heterocycles. The lowest BCUT2D eigenvalue weighted by molar-refractivity contribution is -0.440. The highest BCUT2D eigenvalue weighted by Gasteiger charge is 2.90.